The van der Waals surface area contributed by atoms with Crippen LogP contribution in [0.25, 0.3) is 0 Å². The number of aliphatic hydroxyl groups is 1. The van der Waals surface area contributed by atoms with Gasteiger partial charge in [-0.05, 0) is 33.1 Å². The highest BCUT2D eigenvalue weighted by Gasteiger charge is 2.55. The Morgan fingerprint density at radius 1 is 1.27 bits per heavy atom. The molecule has 130 valence electrons. The number of nitrogens with one attached hydrogen (secondary N) is 2. The van der Waals surface area contributed by atoms with E-state index in [1.165, 1.54) is 32.1 Å². The van der Waals surface area contributed by atoms with Gasteiger partial charge in [-0.2, -0.15) is 0 Å². The third-order valence-corrected chi connectivity index (χ3v) is 4.96. The highest BCUT2D eigenvalue weighted by Crippen LogP contribution is 2.53. The van der Waals surface area contributed by atoms with Crippen LogP contribution in [-0.2, 0) is 4.74 Å². The first-order valence-electron chi connectivity index (χ1n) is 8.54. The summed E-state index contributed by atoms with van der Waals surface area (Å²) in [5.41, 5.74) is 0.295. The summed E-state index contributed by atoms with van der Waals surface area (Å²) < 4.78 is 5.98. The summed E-state index contributed by atoms with van der Waals surface area (Å²) in [6, 6.07) is 0.450. The minimum atomic E-state index is 0. The first-order chi connectivity index (χ1) is 10.3. The Balaban J connectivity index is 0.00000242. The van der Waals surface area contributed by atoms with Crippen molar-refractivity contribution >= 4 is 29.9 Å². The minimum absolute atomic E-state index is 0. The van der Waals surface area contributed by atoms with E-state index in [4.69, 9.17) is 9.84 Å². The van der Waals surface area contributed by atoms with Crippen LogP contribution < -0.4 is 10.6 Å². The summed E-state index contributed by atoms with van der Waals surface area (Å²) in [6.07, 6.45) is 7.96. The van der Waals surface area contributed by atoms with Crippen LogP contribution >= 0.6 is 24.0 Å². The predicted octanol–water partition coefficient (Wildman–Crippen LogP) is 2.28. The average Bonchev–Trinajstić information content (AvgIpc) is 2.52. The van der Waals surface area contributed by atoms with Crippen molar-refractivity contribution < 1.29 is 9.84 Å². The van der Waals surface area contributed by atoms with Gasteiger partial charge in [0.05, 0.1) is 19.3 Å². The van der Waals surface area contributed by atoms with E-state index in [2.05, 4.69) is 29.5 Å². The van der Waals surface area contributed by atoms with Gasteiger partial charge in [-0.3, -0.25) is 4.99 Å². The van der Waals surface area contributed by atoms with Gasteiger partial charge in [-0.25, -0.2) is 0 Å². The third kappa shape index (κ3) is 4.47. The molecular weight excluding hydrogens is 393 g/mol. The molecule has 2 fully saturated rings. The Hall–Kier alpha value is -0.0800. The van der Waals surface area contributed by atoms with Crippen LogP contribution in [0.2, 0.25) is 0 Å². The molecular formula is C16H32IN3O2. The molecule has 2 unspecified atom stereocenters. The van der Waals surface area contributed by atoms with E-state index in [0.29, 0.717) is 24.1 Å². The highest BCUT2D eigenvalue weighted by molar-refractivity contribution is 14.0. The number of hydrogen-bond acceptors (Lipinski definition) is 3. The van der Waals surface area contributed by atoms with Gasteiger partial charge in [0.15, 0.2) is 5.96 Å². The van der Waals surface area contributed by atoms with Gasteiger partial charge in [-0.15, -0.1) is 24.0 Å². The first kappa shape index (κ1) is 20.0. The van der Waals surface area contributed by atoms with Crippen LogP contribution in [-0.4, -0.2) is 49.5 Å². The molecule has 0 aliphatic heterocycles. The second kappa shape index (κ2) is 9.93. The lowest BCUT2D eigenvalue weighted by Gasteiger charge is -2.58. The molecule has 5 nitrogen and oxygen atoms in total. The molecule has 0 amide bonds. The van der Waals surface area contributed by atoms with Crippen LogP contribution in [0.4, 0.5) is 0 Å². The maximum Gasteiger partial charge on any atom is 0.191 e. The molecule has 1 spiro atoms. The molecule has 2 atom stereocenters. The number of nitrogens with zero attached hydrogens (tertiary/aromatic N) is 1. The van der Waals surface area contributed by atoms with Crippen molar-refractivity contribution in [1.82, 2.24) is 10.6 Å². The monoisotopic (exact) mass is 425 g/mol. The molecule has 2 rings (SSSR count). The molecule has 6 heteroatoms. The van der Waals surface area contributed by atoms with E-state index < -0.39 is 0 Å². The second-order valence-electron chi connectivity index (χ2n) is 6.15. The Morgan fingerprint density at radius 2 is 2.00 bits per heavy atom. The quantitative estimate of drug-likeness (QED) is 0.347. The lowest BCUT2D eigenvalue weighted by atomic mass is 9.55. The minimum Gasteiger partial charge on any atom is -0.394 e. The lowest BCUT2D eigenvalue weighted by molar-refractivity contribution is -0.145. The number of halogens is 1. The molecule has 3 N–H and O–H groups in total. The van der Waals surface area contributed by atoms with Gasteiger partial charge in [0.25, 0.3) is 0 Å². The van der Waals surface area contributed by atoms with E-state index in [-0.39, 0.29) is 30.6 Å². The predicted molar refractivity (Wildman–Crippen MR) is 101 cm³/mol. The molecule has 2 saturated carbocycles. The molecule has 0 aromatic rings. The van der Waals surface area contributed by atoms with Crippen LogP contribution in [0.15, 0.2) is 4.99 Å². The van der Waals surface area contributed by atoms with E-state index >= 15 is 0 Å². The second-order valence-corrected chi connectivity index (χ2v) is 6.15. The fourth-order valence-corrected chi connectivity index (χ4v) is 3.91. The van der Waals surface area contributed by atoms with Crippen molar-refractivity contribution in [3.05, 3.63) is 0 Å². The number of aliphatic imine (C=N–C) groups is 1. The molecule has 0 aromatic heterocycles. The normalized spacial score (nSPS) is 27.0. The van der Waals surface area contributed by atoms with Gasteiger partial charge in [-0.1, -0.05) is 19.3 Å². The van der Waals surface area contributed by atoms with E-state index in [1.54, 1.807) is 0 Å². The van der Waals surface area contributed by atoms with Crippen molar-refractivity contribution in [2.75, 3.05) is 26.3 Å². The lowest BCUT2D eigenvalue weighted by Crippen LogP contribution is -2.66. The Bertz CT molecular complexity index is 346. The zero-order chi connectivity index (χ0) is 15.1. The van der Waals surface area contributed by atoms with Crippen molar-refractivity contribution in [2.24, 2.45) is 10.4 Å². The van der Waals surface area contributed by atoms with Crippen LogP contribution in [0, 0.1) is 5.41 Å². The fraction of sp³-hybridized carbons (Fsp3) is 0.938. The van der Waals surface area contributed by atoms with E-state index in [1.807, 2.05) is 0 Å². The SMILES string of the molecule is CCNC(=NCCO)NC1CC(OCC)C12CCCCC2.I. The largest absolute Gasteiger partial charge is 0.394 e. The van der Waals surface area contributed by atoms with E-state index in [9.17, 15) is 0 Å². The van der Waals surface area contributed by atoms with Crippen molar-refractivity contribution in [3.8, 4) is 0 Å². The summed E-state index contributed by atoms with van der Waals surface area (Å²) >= 11 is 0. The number of ether oxygens (including phenoxy) is 1. The van der Waals surface area contributed by atoms with Crippen LogP contribution in [0.1, 0.15) is 52.4 Å². The summed E-state index contributed by atoms with van der Waals surface area (Å²) in [5.74, 6) is 0.830. The summed E-state index contributed by atoms with van der Waals surface area (Å²) in [5, 5.41) is 15.8. The Kier molecular flexibility index (Phi) is 9.01. The molecule has 0 heterocycles. The van der Waals surface area contributed by atoms with Gasteiger partial charge < -0.3 is 20.5 Å². The number of rotatable bonds is 6. The topological polar surface area (TPSA) is 65.9 Å². The maximum atomic E-state index is 8.96. The molecule has 0 radical (unpaired) electrons. The van der Waals surface area contributed by atoms with Gasteiger partial charge in [0.1, 0.15) is 0 Å². The van der Waals surface area contributed by atoms with Gasteiger partial charge in [0, 0.05) is 24.6 Å². The molecule has 22 heavy (non-hydrogen) atoms. The molecule has 0 saturated heterocycles. The van der Waals surface area contributed by atoms with Crippen molar-refractivity contribution in [1.29, 1.82) is 0 Å². The summed E-state index contributed by atoms with van der Waals surface area (Å²) in [6.45, 7) is 6.34. The van der Waals surface area contributed by atoms with E-state index in [0.717, 1.165) is 25.5 Å². The first-order valence-corrected chi connectivity index (χ1v) is 8.54. The average molecular weight is 425 g/mol. The number of hydrogen-bond donors (Lipinski definition) is 3. The number of aliphatic hydroxyl groups excluding tert-OH is 1. The van der Waals surface area contributed by atoms with Crippen molar-refractivity contribution in [3.63, 3.8) is 0 Å². The number of guanidine groups is 1. The maximum absolute atomic E-state index is 8.96. The smallest absolute Gasteiger partial charge is 0.191 e. The van der Waals surface area contributed by atoms with Gasteiger partial charge in [0.2, 0.25) is 0 Å². The van der Waals surface area contributed by atoms with Gasteiger partial charge >= 0.3 is 0 Å². The zero-order valence-electron chi connectivity index (χ0n) is 13.9. The molecule has 0 aromatic carbocycles. The van der Waals surface area contributed by atoms with Crippen LogP contribution in [0.3, 0.4) is 0 Å². The highest BCUT2D eigenvalue weighted by atomic mass is 127. The Labute approximate surface area is 151 Å². The molecule has 0 bridgehead atoms. The van der Waals surface area contributed by atoms with Crippen molar-refractivity contribution in [2.45, 2.75) is 64.5 Å². The molecule has 2 aliphatic carbocycles. The molecule has 2 aliphatic rings. The Morgan fingerprint density at radius 3 is 2.59 bits per heavy atom. The standard InChI is InChI=1S/C16H31N3O2.HI/c1-3-17-15(18-10-11-20)19-13-12-14(21-4-2)16(13)8-6-5-7-9-16;/h13-14,20H,3-12H2,1-2H3,(H2,17,18,19);1H. The summed E-state index contributed by atoms with van der Waals surface area (Å²) in [7, 11) is 0. The summed E-state index contributed by atoms with van der Waals surface area (Å²) in [4.78, 5) is 4.41. The fourth-order valence-electron chi connectivity index (χ4n) is 3.91. The zero-order valence-corrected chi connectivity index (χ0v) is 16.3. The third-order valence-electron chi connectivity index (χ3n) is 4.96. The van der Waals surface area contributed by atoms with Crippen LogP contribution in [0.5, 0.6) is 0 Å².